The zero-order chi connectivity index (χ0) is 18.1. The first-order valence-electron chi connectivity index (χ1n) is 8.41. The number of benzene rings is 2. The second-order valence-electron chi connectivity index (χ2n) is 6.28. The number of amides is 2. The van der Waals surface area contributed by atoms with Gasteiger partial charge in [0.15, 0.2) is 6.10 Å². The Morgan fingerprint density at radius 2 is 1.92 bits per heavy atom. The number of fused-ring (bicyclic) bond motifs is 1. The SMILES string of the molecule is CCN1C(=O)C(C)Oc2cc(NC(=O)c3ccc(C)c(C)c3)ccc21. The van der Waals surface area contributed by atoms with E-state index >= 15 is 0 Å². The molecule has 1 aliphatic rings. The monoisotopic (exact) mass is 338 g/mol. The maximum Gasteiger partial charge on any atom is 0.267 e. The molecule has 5 nitrogen and oxygen atoms in total. The molecule has 1 heterocycles. The van der Waals surface area contributed by atoms with Gasteiger partial charge in [0.05, 0.1) is 5.69 Å². The summed E-state index contributed by atoms with van der Waals surface area (Å²) in [7, 11) is 0. The van der Waals surface area contributed by atoms with Crippen LogP contribution in [0.2, 0.25) is 0 Å². The van der Waals surface area contributed by atoms with Crippen LogP contribution >= 0.6 is 0 Å². The van der Waals surface area contributed by atoms with Crippen LogP contribution in [0.4, 0.5) is 11.4 Å². The highest BCUT2D eigenvalue weighted by atomic mass is 16.5. The van der Waals surface area contributed by atoms with Crippen molar-refractivity contribution < 1.29 is 14.3 Å². The van der Waals surface area contributed by atoms with Crippen molar-refractivity contribution in [2.75, 3.05) is 16.8 Å². The van der Waals surface area contributed by atoms with Crippen LogP contribution < -0.4 is 15.0 Å². The van der Waals surface area contributed by atoms with Crippen molar-refractivity contribution in [2.45, 2.75) is 33.8 Å². The number of anilines is 2. The minimum atomic E-state index is -0.529. The number of hydrogen-bond acceptors (Lipinski definition) is 3. The maximum absolute atomic E-state index is 12.5. The molecule has 0 fully saturated rings. The zero-order valence-electron chi connectivity index (χ0n) is 14.9. The third-order valence-corrected chi connectivity index (χ3v) is 4.51. The number of likely N-dealkylation sites (N-methyl/N-ethyl adjacent to an activating group) is 1. The van der Waals surface area contributed by atoms with E-state index < -0.39 is 6.10 Å². The lowest BCUT2D eigenvalue weighted by Gasteiger charge is -2.32. The van der Waals surface area contributed by atoms with Crippen molar-refractivity contribution >= 4 is 23.2 Å². The van der Waals surface area contributed by atoms with Gasteiger partial charge in [-0.3, -0.25) is 9.59 Å². The van der Waals surface area contributed by atoms with Gasteiger partial charge in [-0.2, -0.15) is 0 Å². The number of carbonyl (C=O) groups excluding carboxylic acids is 2. The molecule has 3 rings (SSSR count). The first-order chi connectivity index (χ1) is 11.9. The van der Waals surface area contributed by atoms with E-state index in [4.69, 9.17) is 4.74 Å². The lowest BCUT2D eigenvalue weighted by Crippen LogP contribution is -2.44. The molecule has 0 radical (unpaired) electrons. The van der Waals surface area contributed by atoms with Crippen molar-refractivity contribution in [2.24, 2.45) is 0 Å². The second-order valence-corrected chi connectivity index (χ2v) is 6.28. The van der Waals surface area contributed by atoms with E-state index in [9.17, 15) is 9.59 Å². The van der Waals surface area contributed by atoms with Crippen LogP contribution in [0.1, 0.15) is 35.3 Å². The minimum Gasteiger partial charge on any atom is -0.479 e. The Hall–Kier alpha value is -2.82. The summed E-state index contributed by atoms with van der Waals surface area (Å²) < 4.78 is 5.70. The molecule has 0 spiro atoms. The smallest absolute Gasteiger partial charge is 0.267 e. The molecule has 1 unspecified atom stereocenters. The number of nitrogens with one attached hydrogen (secondary N) is 1. The molecule has 0 aromatic heterocycles. The molecule has 25 heavy (non-hydrogen) atoms. The van der Waals surface area contributed by atoms with E-state index in [0.717, 1.165) is 16.8 Å². The van der Waals surface area contributed by atoms with Crippen molar-refractivity contribution in [3.05, 3.63) is 53.1 Å². The van der Waals surface area contributed by atoms with Gasteiger partial charge < -0.3 is 15.0 Å². The van der Waals surface area contributed by atoms with Crippen LogP contribution in [-0.4, -0.2) is 24.5 Å². The molecule has 1 aliphatic heterocycles. The van der Waals surface area contributed by atoms with E-state index in [1.165, 1.54) is 0 Å². The van der Waals surface area contributed by atoms with Gasteiger partial charge in [-0.1, -0.05) is 6.07 Å². The van der Waals surface area contributed by atoms with Gasteiger partial charge in [-0.25, -0.2) is 0 Å². The van der Waals surface area contributed by atoms with Crippen LogP contribution in [0.3, 0.4) is 0 Å². The molecule has 0 bridgehead atoms. The summed E-state index contributed by atoms with van der Waals surface area (Å²) in [6.07, 6.45) is -0.529. The summed E-state index contributed by atoms with van der Waals surface area (Å²) in [4.78, 5) is 26.3. The molecule has 0 aliphatic carbocycles. The summed E-state index contributed by atoms with van der Waals surface area (Å²) in [5.74, 6) is 0.379. The Morgan fingerprint density at radius 1 is 1.16 bits per heavy atom. The van der Waals surface area contributed by atoms with Crippen molar-refractivity contribution in [1.82, 2.24) is 0 Å². The summed E-state index contributed by atoms with van der Waals surface area (Å²) in [6.45, 7) is 8.23. The number of carbonyl (C=O) groups is 2. The van der Waals surface area contributed by atoms with E-state index in [-0.39, 0.29) is 11.8 Å². The van der Waals surface area contributed by atoms with E-state index in [1.54, 1.807) is 30.0 Å². The maximum atomic E-state index is 12.5. The number of nitrogens with zero attached hydrogens (tertiary/aromatic N) is 1. The van der Waals surface area contributed by atoms with Gasteiger partial charge in [0.1, 0.15) is 5.75 Å². The summed E-state index contributed by atoms with van der Waals surface area (Å²) in [6, 6.07) is 11.0. The minimum absolute atomic E-state index is 0.0538. The fraction of sp³-hybridized carbons (Fsp3) is 0.300. The van der Waals surface area contributed by atoms with Crippen molar-refractivity contribution in [3.8, 4) is 5.75 Å². The summed E-state index contributed by atoms with van der Waals surface area (Å²) in [5, 5.41) is 2.89. The van der Waals surface area contributed by atoms with Gasteiger partial charge in [-0.15, -0.1) is 0 Å². The van der Waals surface area contributed by atoms with E-state index in [1.807, 2.05) is 39.0 Å². The lowest BCUT2D eigenvalue weighted by atomic mass is 10.1. The average molecular weight is 338 g/mol. The standard InChI is InChI=1S/C20H22N2O3/c1-5-22-17-9-8-16(11-18(17)25-14(4)20(22)24)21-19(23)15-7-6-12(2)13(3)10-15/h6-11,14H,5H2,1-4H3,(H,21,23). The summed E-state index contributed by atoms with van der Waals surface area (Å²) in [5.41, 5.74) is 4.21. The Kier molecular flexibility index (Phi) is 4.49. The lowest BCUT2D eigenvalue weighted by molar-refractivity contribution is -0.125. The fourth-order valence-electron chi connectivity index (χ4n) is 2.90. The highest BCUT2D eigenvalue weighted by Gasteiger charge is 2.30. The first kappa shape index (κ1) is 17.0. The molecule has 0 saturated carbocycles. The number of rotatable bonds is 3. The third kappa shape index (κ3) is 3.22. The molecular formula is C20H22N2O3. The fourth-order valence-corrected chi connectivity index (χ4v) is 2.90. The molecule has 2 amide bonds. The molecular weight excluding hydrogens is 316 g/mol. The topological polar surface area (TPSA) is 58.6 Å². The summed E-state index contributed by atoms with van der Waals surface area (Å²) >= 11 is 0. The Balaban J connectivity index is 1.85. The Bertz CT molecular complexity index is 845. The molecule has 2 aromatic carbocycles. The number of ether oxygens (including phenoxy) is 1. The molecule has 1 N–H and O–H groups in total. The molecule has 1 atom stereocenters. The zero-order valence-corrected chi connectivity index (χ0v) is 14.9. The predicted octanol–water partition coefficient (Wildman–Crippen LogP) is 3.69. The van der Waals surface area contributed by atoms with Gasteiger partial charge in [0, 0.05) is 23.9 Å². The van der Waals surface area contributed by atoms with Crippen LogP contribution in [0.15, 0.2) is 36.4 Å². The van der Waals surface area contributed by atoms with Gasteiger partial charge in [0.25, 0.3) is 11.8 Å². The average Bonchev–Trinajstić information content (AvgIpc) is 2.58. The first-order valence-corrected chi connectivity index (χ1v) is 8.41. The van der Waals surface area contributed by atoms with E-state index in [0.29, 0.717) is 23.5 Å². The highest BCUT2D eigenvalue weighted by molar-refractivity contribution is 6.05. The number of aryl methyl sites for hydroxylation is 2. The van der Waals surface area contributed by atoms with Gasteiger partial charge in [-0.05, 0) is 63.1 Å². The van der Waals surface area contributed by atoms with Crippen LogP contribution in [0, 0.1) is 13.8 Å². The van der Waals surface area contributed by atoms with Crippen molar-refractivity contribution in [1.29, 1.82) is 0 Å². The highest BCUT2D eigenvalue weighted by Crippen LogP contribution is 2.36. The molecule has 0 saturated heterocycles. The number of hydrogen-bond donors (Lipinski definition) is 1. The predicted molar refractivity (Wildman–Crippen MR) is 98.4 cm³/mol. The van der Waals surface area contributed by atoms with Crippen molar-refractivity contribution in [3.63, 3.8) is 0 Å². The van der Waals surface area contributed by atoms with Gasteiger partial charge >= 0.3 is 0 Å². The van der Waals surface area contributed by atoms with Crippen LogP contribution in [0.25, 0.3) is 0 Å². The van der Waals surface area contributed by atoms with Crippen LogP contribution in [0.5, 0.6) is 5.75 Å². The van der Waals surface area contributed by atoms with Crippen LogP contribution in [-0.2, 0) is 4.79 Å². The molecule has 5 heteroatoms. The normalized spacial score (nSPS) is 16.2. The largest absolute Gasteiger partial charge is 0.479 e. The van der Waals surface area contributed by atoms with E-state index in [2.05, 4.69) is 5.32 Å². The Morgan fingerprint density at radius 3 is 2.60 bits per heavy atom. The molecule has 2 aromatic rings. The Labute approximate surface area is 147 Å². The quantitative estimate of drug-likeness (QED) is 0.928. The third-order valence-electron chi connectivity index (χ3n) is 4.51. The molecule has 130 valence electrons. The van der Waals surface area contributed by atoms with Gasteiger partial charge in [0.2, 0.25) is 0 Å². The second kappa shape index (κ2) is 6.59.